The summed E-state index contributed by atoms with van der Waals surface area (Å²) in [5.74, 6) is 0. The number of methoxy groups -OCH3 is 1. The van der Waals surface area contributed by atoms with Crippen molar-refractivity contribution in [2.24, 2.45) is 0 Å². The summed E-state index contributed by atoms with van der Waals surface area (Å²) in [6.07, 6.45) is 0.580. The highest BCUT2D eigenvalue weighted by molar-refractivity contribution is 5.21. The molecule has 0 radical (unpaired) electrons. The first-order valence-electron chi connectivity index (χ1n) is 6.45. The fourth-order valence-electron chi connectivity index (χ4n) is 1.98. The van der Waals surface area contributed by atoms with Crippen LogP contribution in [0.25, 0.3) is 0 Å². The van der Waals surface area contributed by atoms with Crippen molar-refractivity contribution in [3.63, 3.8) is 0 Å². The molecule has 0 bridgehead atoms. The van der Waals surface area contributed by atoms with Crippen molar-refractivity contribution < 1.29 is 9.84 Å². The van der Waals surface area contributed by atoms with E-state index in [4.69, 9.17) is 4.74 Å². The number of hydrogen-bond donors (Lipinski definition) is 1. The van der Waals surface area contributed by atoms with Gasteiger partial charge in [0, 0.05) is 19.7 Å². The summed E-state index contributed by atoms with van der Waals surface area (Å²) in [5, 5.41) is 9.70. The van der Waals surface area contributed by atoms with E-state index >= 15 is 0 Å². The molecule has 0 aliphatic rings. The fourth-order valence-corrected chi connectivity index (χ4v) is 1.98. The summed E-state index contributed by atoms with van der Waals surface area (Å²) in [4.78, 5) is 2.17. The Labute approximate surface area is 110 Å². The Morgan fingerprint density at radius 1 is 1.28 bits per heavy atom. The predicted molar refractivity (Wildman–Crippen MR) is 74.9 cm³/mol. The highest BCUT2D eigenvalue weighted by Crippen LogP contribution is 2.09. The third-order valence-corrected chi connectivity index (χ3v) is 3.26. The van der Waals surface area contributed by atoms with Gasteiger partial charge in [-0.25, -0.2) is 0 Å². The van der Waals surface area contributed by atoms with E-state index in [1.54, 1.807) is 7.11 Å². The lowest BCUT2D eigenvalue weighted by molar-refractivity contribution is 0.0359. The van der Waals surface area contributed by atoms with E-state index < -0.39 is 6.10 Å². The van der Waals surface area contributed by atoms with E-state index in [1.807, 2.05) is 7.05 Å². The van der Waals surface area contributed by atoms with Gasteiger partial charge in [-0.05, 0) is 32.9 Å². The maximum atomic E-state index is 9.70. The van der Waals surface area contributed by atoms with E-state index in [0.717, 1.165) is 6.42 Å². The van der Waals surface area contributed by atoms with Crippen LogP contribution in [0, 0.1) is 6.92 Å². The van der Waals surface area contributed by atoms with Crippen molar-refractivity contribution in [1.29, 1.82) is 0 Å². The second kappa shape index (κ2) is 7.52. The molecular weight excluding hydrogens is 226 g/mol. The van der Waals surface area contributed by atoms with Gasteiger partial charge in [0.2, 0.25) is 0 Å². The molecule has 0 saturated heterocycles. The van der Waals surface area contributed by atoms with Crippen LogP contribution in [0.1, 0.15) is 18.1 Å². The summed E-state index contributed by atoms with van der Waals surface area (Å²) in [6.45, 7) is 5.31. The van der Waals surface area contributed by atoms with E-state index in [-0.39, 0.29) is 0 Å². The molecule has 3 heteroatoms. The minimum Gasteiger partial charge on any atom is -0.389 e. The summed E-state index contributed by atoms with van der Waals surface area (Å²) in [6, 6.07) is 9.03. The quantitative estimate of drug-likeness (QED) is 0.803. The maximum Gasteiger partial charge on any atom is 0.0900 e. The lowest BCUT2D eigenvalue weighted by atomic mass is 10.0. The predicted octanol–water partition coefficient (Wildman–Crippen LogP) is 1.87. The molecule has 1 N–H and O–H groups in total. The van der Waals surface area contributed by atoms with Crippen LogP contribution in [0.5, 0.6) is 0 Å². The van der Waals surface area contributed by atoms with Crippen LogP contribution in [0.2, 0.25) is 0 Å². The molecule has 2 unspecified atom stereocenters. The lowest BCUT2D eigenvalue weighted by Gasteiger charge is -2.26. The number of aryl methyl sites for hydroxylation is 1. The molecule has 0 aliphatic heterocycles. The van der Waals surface area contributed by atoms with Crippen molar-refractivity contribution in [3.8, 4) is 0 Å². The Hall–Kier alpha value is -0.900. The van der Waals surface area contributed by atoms with Crippen molar-refractivity contribution in [2.45, 2.75) is 32.4 Å². The minimum atomic E-state index is -0.416. The number of likely N-dealkylation sites (N-methyl/N-ethyl adjacent to an activating group) is 1. The van der Waals surface area contributed by atoms with Crippen LogP contribution in [0.3, 0.4) is 0 Å². The number of aliphatic hydroxyl groups is 1. The average molecular weight is 251 g/mol. The third kappa shape index (κ3) is 5.17. The number of rotatable bonds is 7. The number of nitrogens with zero attached hydrogens (tertiary/aromatic N) is 1. The average Bonchev–Trinajstić information content (AvgIpc) is 2.32. The maximum absolute atomic E-state index is 9.70. The van der Waals surface area contributed by atoms with Gasteiger partial charge in [0.1, 0.15) is 0 Å². The minimum absolute atomic E-state index is 0.390. The zero-order chi connectivity index (χ0) is 13.5. The lowest BCUT2D eigenvalue weighted by Crippen LogP contribution is -2.38. The van der Waals surface area contributed by atoms with E-state index in [9.17, 15) is 5.11 Å². The van der Waals surface area contributed by atoms with Crippen molar-refractivity contribution in [1.82, 2.24) is 4.90 Å². The zero-order valence-electron chi connectivity index (χ0n) is 11.9. The summed E-state index contributed by atoms with van der Waals surface area (Å²) < 4.78 is 4.94. The van der Waals surface area contributed by atoms with E-state index in [2.05, 4.69) is 43.0 Å². The Morgan fingerprint density at radius 2 is 1.89 bits per heavy atom. The normalized spacial score (nSPS) is 14.8. The van der Waals surface area contributed by atoms with Gasteiger partial charge in [0.05, 0.1) is 12.7 Å². The van der Waals surface area contributed by atoms with Gasteiger partial charge in [0.25, 0.3) is 0 Å². The molecule has 0 heterocycles. The molecule has 0 spiro atoms. The van der Waals surface area contributed by atoms with Gasteiger partial charge in [-0.3, -0.25) is 0 Å². The van der Waals surface area contributed by atoms with Gasteiger partial charge in [0.15, 0.2) is 0 Å². The molecule has 1 aromatic carbocycles. The van der Waals surface area contributed by atoms with Crippen LogP contribution < -0.4 is 0 Å². The first-order chi connectivity index (χ1) is 8.52. The second-order valence-corrected chi connectivity index (χ2v) is 5.09. The SMILES string of the molecule is COCC(O)CN(C)C(C)Cc1ccc(C)cc1. The smallest absolute Gasteiger partial charge is 0.0900 e. The van der Waals surface area contributed by atoms with Crippen molar-refractivity contribution in [2.75, 3.05) is 27.3 Å². The standard InChI is InChI=1S/C15H25NO2/c1-12-5-7-14(8-6-12)9-13(2)16(3)10-15(17)11-18-4/h5-8,13,15,17H,9-11H2,1-4H3. The monoisotopic (exact) mass is 251 g/mol. The molecule has 1 rings (SSSR count). The van der Waals surface area contributed by atoms with Crippen molar-refractivity contribution in [3.05, 3.63) is 35.4 Å². The number of aliphatic hydroxyl groups excluding tert-OH is 1. The van der Waals surface area contributed by atoms with Crippen LogP contribution in [0.4, 0.5) is 0 Å². The first-order valence-corrected chi connectivity index (χ1v) is 6.45. The molecule has 0 fully saturated rings. The van der Waals surface area contributed by atoms with Crippen LogP contribution in [0.15, 0.2) is 24.3 Å². The fraction of sp³-hybridized carbons (Fsp3) is 0.600. The highest BCUT2D eigenvalue weighted by atomic mass is 16.5. The van der Waals surface area contributed by atoms with Crippen LogP contribution >= 0.6 is 0 Å². The Bertz CT molecular complexity index is 337. The Morgan fingerprint density at radius 3 is 2.44 bits per heavy atom. The highest BCUT2D eigenvalue weighted by Gasteiger charge is 2.14. The van der Waals surface area contributed by atoms with Crippen LogP contribution in [-0.2, 0) is 11.2 Å². The Kier molecular flexibility index (Phi) is 6.33. The summed E-state index contributed by atoms with van der Waals surface area (Å²) in [7, 11) is 3.65. The Balaban J connectivity index is 2.44. The molecule has 1 aromatic rings. The largest absolute Gasteiger partial charge is 0.389 e. The summed E-state index contributed by atoms with van der Waals surface area (Å²) >= 11 is 0. The third-order valence-electron chi connectivity index (χ3n) is 3.26. The molecule has 0 amide bonds. The molecule has 18 heavy (non-hydrogen) atoms. The topological polar surface area (TPSA) is 32.7 Å². The molecule has 0 aliphatic carbocycles. The molecule has 2 atom stereocenters. The zero-order valence-corrected chi connectivity index (χ0v) is 11.9. The molecule has 3 nitrogen and oxygen atoms in total. The van der Waals surface area contributed by atoms with E-state index in [1.165, 1.54) is 11.1 Å². The molecule has 0 aromatic heterocycles. The van der Waals surface area contributed by atoms with Gasteiger partial charge < -0.3 is 14.7 Å². The molecule has 102 valence electrons. The number of ether oxygens (including phenoxy) is 1. The van der Waals surface area contributed by atoms with Gasteiger partial charge in [-0.1, -0.05) is 29.8 Å². The second-order valence-electron chi connectivity index (χ2n) is 5.09. The van der Waals surface area contributed by atoms with E-state index in [0.29, 0.717) is 19.2 Å². The van der Waals surface area contributed by atoms with Crippen LogP contribution in [-0.4, -0.2) is 49.5 Å². The number of hydrogen-bond acceptors (Lipinski definition) is 3. The van der Waals surface area contributed by atoms with Gasteiger partial charge in [-0.2, -0.15) is 0 Å². The van der Waals surface area contributed by atoms with Gasteiger partial charge >= 0.3 is 0 Å². The molecular formula is C15H25NO2. The van der Waals surface area contributed by atoms with Gasteiger partial charge in [-0.15, -0.1) is 0 Å². The molecule has 0 saturated carbocycles. The number of benzene rings is 1. The summed E-state index contributed by atoms with van der Waals surface area (Å²) in [5.41, 5.74) is 2.62. The van der Waals surface area contributed by atoms with Crippen molar-refractivity contribution >= 4 is 0 Å². The first kappa shape index (κ1) is 15.2.